The number of aliphatic hydroxyl groups excluding tert-OH is 5. The number of unbranched alkanes of at least 4 members (excludes halogenated alkanes) is 17. The van der Waals surface area contributed by atoms with Gasteiger partial charge in [0.1, 0.15) is 42.7 Å². The summed E-state index contributed by atoms with van der Waals surface area (Å²) in [6, 6.07) is 0. The van der Waals surface area contributed by atoms with Gasteiger partial charge in [0.05, 0.1) is 13.2 Å². The molecule has 52 heavy (non-hydrogen) atoms. The van der Waals surface area contributed by atoms with Crippen molar-refractivity contribution >= 4 is 13.8 Å². The summed E-state index contributed by atoms with van der Waals surface area (Å²) in [5, 5.41) is 49.9. The molecule has 6 N–H and O–H groups in total. The topological polar surface area (TPSA) is 192 Å². The summed E-state index contributed by atoms with van der Waals surface area (Å²) < 4.78 is 34.0. The van der Waals surface area contributed by atoms with Crippen molar-refractivity contribution < 1.29 is 58.3 Å². The Bertz CT molecular complexity index is 963. The molecule has 0 spiro atoms. The minimum atomic E-state index is -5.01. The Balaban J connectivity index is 2.44. The second-order valence-corrected chi connectivity index (χ2v) is 15.5. The van der Waals surface area contributed by atoms with Crippen LogP contribution in [-0.4, -0.2) is 98.9 Å². The lowest BCUT2D eigenvalue weighted by Gasteiger charge is -2.41. The summed E-state index contributed by atoms with van der Waals surface area (Å²) in [5.41, 5.74) is 0. The second kappa shape index (κ2) is 31.1. The van der Waals surface area contributed by atoms with E-state index < -0.39 is 63.1 Å². The Hall–Kier alpha value is -1.18. The number of ether oxygens (including phenoxy) is 2. The van der Waals surface area contributed by atoms with E-state index in [1.807, 2.05) is 0 Å². The highest BCUT2D eigenvalue weighted by molar-refractivity contribution is 7.47. The van der Waals surface area contributed by atoms with Crippen molar-refractivity contribution in [1.82, 2.24) is 0 Å². The Kier molecular flexibility index (Phi) is 29.2. The third-order valence-corrected chi connectivity index (χ3v) is 10.3. The Labute approximate surface area is 313 Å². The van der Waals surface area contributed by atoms with Crippen LogP contribution >= 0.6 is 7.82 Å². The molecule has 1 saturated carbocycles. The number of allylic oxidation sites excluding steroid dienone is 4. The van der Waals surface area contributed by atoms with Crippen LogP contribution in [0.4, 0.5) is 0 Å². The highest BCUT2D eigenvalue weighted by Gasteiger charge is 2.51. The zero-order chi connectivity index (χ0) is 38.5. The van der Waals surface area contributed by atoms with Crippen molar-refractivity contribution in [2.45, 2.75) is 198 Å². The zero-order valence-electron chi connectivity index (χ0n) is 32.1. The largest absolute Gasteiger partial charge is 0.472 e. The fraction of sp³-hybridized carbons (Fsp3) is 0.872. The Morgan fingerprint density at radius 1 is 0.615 bits per heavy atom. The molecular weight excluding hydrogens is 691 g/mol. The summed E-state index contributed by atoms with van der Waals surface area (Å²) in [5.74, 6) is -0.485. The smallest absolute Gasteiger partial charge is 0.457 e. The number of phosphoric acid groups is 1. The summed E-state index contributed by atoms with van der Waals surface area (Å²) in [4.78, 5) is 23.0. The van der Waals surface area contributed by atoms with Crippen LogP contribution in [0.5, 0.6) is 0 Å². The van der Waals surface area contributed by atoms with Crippen molar-refractivity contribution in [2.24, 2.45) is 0 Å². The predicted molar refractivity (Wildman–Crippen MR) is 203 cm³/mol. The molecule has 0 radical (unpaired) electrons. The molecule has 306 valence electrons. The lowest BCUT2D eigenvalue weighted by molar-refractivity contribution is -0.220. The number of carbonyl (C=O) groups excluding carboxylic acids is 1. The molecule has 0 aromatic rings. The van der Waals surface area contributed by atoms with Crippen LogP contribution in [0.15, 0.2) is 24.3 Å². The maximum absolute atomic E-state index is 12.7. The molecule has 13 heteroatoms. The van der Waals surface area contributed by atoms with E-state index in [4.69, 9.17) is 18.5 Å². The number of aliphatic hydroxyl groups is 5. The fourth-order valence-corrected chi connectivity index (χ4v) is 7.00. The van der Waals surface area contributed by atoms with Gasteiger partial charge in [0.15, 0.2) is 0 Å². The number of carbonyl (C=O) groups is 1. The normalized spacial score (nSPS) is 24.1. The highest BCUT2D eigenvalue weighted by Crippen LogP contribution is 2.47. The summed E-state index contributed by atoms with van der Waals surface area (Å²) in [6.07, 6.45) is 19.8. The third-order valence-electron chi connectivity index (χ3n) is 9.33. The van der Waals surface area contributed by atoms with E-state index in [0.717, 1.165) is 57.8 Å². The van der Waals surface area contributed by atoms with Crippen molar-refractivity contribution in [3.8, 4) is 0 Å². The van der Waals surface area contributed by atoms with Gasteiger partial charge in [-0.05, 0) is 44.9 Å². The van der Waals surface area contributed by atoms with Crippen LogP contribution < -0.4 is 0 Å². The number of hydrogen-bond donors (Lipinski definition) is 6. The summed E-state index contributed by atoms with van der Waals surface area (Å²) in [7, 11) is -5.01. The first-order valence-electron chi connectivity index (χ1n) is 20.2. The second-order valence-electron chi connectivity index (χ2n) is 14.1. The van der Waals surface area contributed by atoms with Crippen molar-refractivity contribution in [1.29, 1.82) is 0 Å². The highest BCUT2D eigenvalue weighted by atomic mass is 31.2. The summed E-state index contributed by atoms with van der Waals surface area (Å²) >= 11 is 0. The first kappa shape index (κ1) is 48.8. The molecule has 0 amide bonds. The van der Waals surface area contributed by atoms with E-state index in [2.05, 4.69) is 38.2 Å². The van der Waals surface area contributed by atoms with Gasteiger partial charge in [0.2, 0.25) is 0 Å². The number of phosphoric ester groups is 1. The molecule has 6 unspecified atom stereocenters. The standard InChI is InChI=1S/C39H73O12P/c1-3-5-7-9-11-13-14-15-16-17-18-19-21-23-25-27-29-48-30-32(50-33(40)28-26-24-22-20-12-10-8-6-4-2)31-49-52(46,47)51-39-37(44)35(42)34(41)36(43)38(39)45/h11,13,15-16,32,34-39,41-45H,3-10,12,14,17-31H2,1-2H3,(H,46,47)/b13-11-,16-15-. The summed E-state index contributed by atoms with van der Waals surface area (Å²) in [6.45, 7) is 4.16. The van der Waals surface area contributed by atoms with Crippen LogP contribution in [0.2, 0.25) is 0 Å². The van der Waals surface area contributed by atoms with Crippen LogP contribution in [0.3, 0.4) is 0 Å². The monoisotopic (exact) mass is 764 g/mol. The fourth-order valence-electron chi connectivity index (χ4n) is 6.03. The lowest BCUT2D eigenvalue weighted by Crippen LogP contribution is -2.64. The van der Waals surface area contributed by atoms with Crippen LogP contribution in [0.25, 0.3) is 0 Å². The molecule has 12 nitrogen and oxygen atoms in total. The maximum atomic E-state index is 12.7. The number of rotatable bonds is 33. The first-order chi connectivity index (χ1) is 25.0. The van der Waals surface area contributed by atoms with Crippen molar-refractivity contribution in [3.63, 3.8) is 0 Å². The predicted octanol–water partition coefficient (Wildman–Crippen LogP) is 6.97. The third kappa shape index (κ3) is 23.6. The van der Waals surface area contributed by atoms with E-state index in [0.29, 0.717) is 13.0 Å². The van der Waals surface area contributed by atoms with Crippen LogP contribution in [0, 0.1) is 0 Å². The molecule has 1 rings (SSSR count). The maximum Gasteiger partial charge on any atom is 0.472 e. The molecule has 0 aliphatic heterocycles. The quantitative estimate of drug-likeness (QED) is 0.0174. The van der Waals surface area contributed by atoms with Gasteiger partial charge in [-0.25, -0.2) is 4.57 Å². The molecule has 0 aromatic carbocycles. The van der Waals surface area contributed by atoms with Gasteiger partial charge in [-0.2, -0.15) is 0 Å². The minimum Gasteiger partial charge on any atom is -0.457 e. The average molecular weight is 765 g/mol. The first-order valence-corrected chi connectivity index (χ1v) is 21.7. The van der Waals surface area contributed by atoms with E-state index in [9.17, 15) is 39.8 Å². The molecule has 0 saturated heterocycles. The number of hydrogen-bond acceptors (Lipinski definition) is 11. The minimum absolute atomic E-state index is 0.0813. The molecule has 0 bridgehead atoms. The van der Waals surface area contributed by atoms with Crippen molar-refractivity contribution in [3.05, 3.63) is 24.3 Å². The van der Waals surface area contributed by atoms with E-state index in [-0.39, 0.29) is 13.0 Å². The van der Waals surface area contributed by atoms with E-state index in [1.54, 1.807) is 0 Å². The number of esters is 1. The average Bonchev–Trinajstić information content (AvgIpc) is 3.12. The van der Waals surface area contributed by atoms with E-state index >= 15 is 0 Å². The Morgan fingerprint density at radius 2 is 1.08 bits per heavy atom. The molecule has 0 heterocycles. The van der Waals surface area contributed by atoms with Crippen LogP contribution in [-0.2, 0) is 27.9 Å². The van der Waals surface area contributed by atoms with Gasteiger partial charge in [0, 0.05) is 13.0 Å². The zero-order valence-corrected chi connectivity index (χ0v) is 33.0. The molecule has 1 fully saturated rings. The van der Waals surface area contributed by atoms with Gasteiger partial charge >= 0.3 is 13.8 Å². The molecule has 6 atom stereocenters. The van der Waals surface area contributed by atoms with Gasteiger partial charge in [-0.1, -0.05) is 128 Å². The van der Waals surface area contributed by atoms with Gasteiger partial charge < -0.3 is 39.9 Å². The molecule has 1 aliphatic rings. The Morgan fingerprint density at radius 3 is 1.65 bits per heavy atom. The van der Waals surface area contributed by atoms with E-state index in [1.165, 1.54) is 70.6 Å². The van der Waals surface area contributed by atoms with Crippen LogP contribution in [0.1, 0.15) is 155 Å². The van der Waals surface area contributed by atoms with Gasteiger partial charge in [-0.3, -0.25) is 13.8 Å². The molecular formula is C39H73O12P. The van der Waals surface area contributed by atoms with Gasteiger partial charge in [-0.15, -0.1) is 0 Å². The molecule has 0 aromatic heterocycles. The molecule has 1 aliphatic carbocycles. The van der Waals surface area contributed by atoms with Crippen molar-refractivity contribution in [2.75, 3.05) is 19.8 Å². The van der Waals surface area contributed by atoms with Gasteiger partial charge in [0.25, 0.3) is 0 Å². The lowest BCUT2D eigenvalue weighted by atomic mass is 9.85. The SMILES string of the molecule is CCCCC/C=C\C/C=C\CCCCCCCCOCC(COP(=O)(O)OC1C(O)C(O)C(O)C(O)C1O)OC(=O)CCCCCCCCCCC.